The standard InChI is InChI=1S/C15H15N3O3S2/c1-18-14(6-7-16-18)11-8-15(22-10-11)23(19,20)17-12-4-3-5-13(9-12)21-2/h3-10,17H,1-2H3. The molecule has 2 heterocycles. The van der Waals surface area contributed by atoms with E-state index in [1.807, 2.05) is 13.1 Å². The molecule has 120 valence electrons. The van der Waals surface area contributed by atoms with E-state index in [9.17, 15) is 8.42 Å². The van der Waals surface area contributed by atoms with E-state index in [1.165, 1.54) is 18.4 Å². The number of aromatic nitrogens is 2. The summed E-state index contributed by atoms with van der Waals surface area (Å²) in [5.74, 6) is 0.590. The first-order valence-corrected chi connectivity index (χ1v) is 9.10. The first-order chi connectivity index (χ1) is 11.0. The number of nitrogens with zero attached hydrogens (tertiary/aromatic N) is 2. The Morgan fingerprint density at radius 3 is 2.78 bits per heavy atom. The van der Waals surface area contributed by atoms with Gasteiger partial charge in [0.1, 0.15) is 9.96 Å². The van der Waals surface area contributed by atoms with E-state index in [4.69, 9.17) is 4.74 Å². The first-order valence-electron chi connectivity index (χ1n) is 6.73. The van der Waals surface area contributed by atoms with Crippen LogP contribution in [0.1, 0.15) is 0 Å². The van der Waals surface area contributed by atoms with Crippen molar-refractivity contribution in [1.82, 2.24) is 9.78 Å². The summed E-state index contributed by atoms with van der Waals surface area (Å²) in [5.41, 5.74) is 2.14. The van der Waals surface area contributed by atoms with Crippen LogP contribution in [-0.2, 0) is 17.1 Å². The Bertz CT molecular complexity index is 929. The molecule has 0 aliphatic rings. The van der Waals surface area contributed by atoms with Crippen molar-refractivity contribution in [1.29, 1.82) is 0 Å². The number of hydrogen-bond acceptors (Lipinski definition) is 5. The minimum absolute atomic E-state index is 0.247. The van der Waals surface area contributed by atoms with Crippen molar-refractivity contribution in [3.63, 3.8) is 0 Å². The number of benzene rings is 1. The highest BCUT2D eigenvalue weighted by molar-refractivity contribution is 7.94. The monoisotopic (exact) mass is 349 g/mol. The molecule has 0 unspecified atom stereocenters. The van der Waals surface area contributed by atoms with Crippen LogP contribution in [0, 0.1) is 0 Å². The molecule has 0 aliphatic carbocycles. The number of nitrogens with one attached hydrogen (secondary N) is 1. The van der Waals surface area contributed by atoms with E-state index >= 15 is 0 Å². The Labute approximate surface area is 138 Å². The van der Waals surface area contributed by atoms with E-state index in [0.29, 0.717) is 11.4 Å². The van der Waals surface area contributed by atoms with Crippen molar-refractivity contribution in [2.75, 3.05) is 11.8 Å². The highest BCUT2D eigenvalue weighted by Gasteiger charge is 2.18. The molecule has 0 saturated heterocycles. The van der Waals surface area contributed by atoms with Gasteiger partial charge in [0.2, 0.25) is 0 Å². The van der Waals surface area contributed by atoms with Crippen molar-refractivity contribution >= 4 is 27.0 Å². The summed E-state index contributed by atoms with van der Waals surface area (Å²) in [6.07, 6.45) is 1.68. The minimum Gasteiger partial charge on any atom is -0.497 e. The highest BCUT2D eigenvalue weighted by atomic mass is 32.2. The van der Waals surface area contributed by atoms with Crippen LogP contribution in [0.4, 0.5) is 5.69 Å². The lowest BCUT2D eigenvalue weighted by Crippen LogP contribution is -2.11. The van der Waals surface area contributed by atoms with Crippen molar-refractivity contribution in [3.8, 4) is 17.0 Å². The molecule has 8 heteroatoms. The van der Waals surface area contributed by atoms with Gasteiger partial charge in [0.15, 0.2) is 0 Å². The molecular weight excluding hydrogens is 334 g/mol. The molecule has 0 saturated carbocycles. The van der Waals surface area contributed by atoms with Crippen molar-refractivity contribution in [2.24, 2.45) is 7.05 Å². The number of methoxy groups -OCH3 is 1. The average Bonchev–Trinajstić information content (AvgIpc) is 3.15. The number of rotatable bonds is 5. The quantitative estimate of drug-likeness (QED) is 0.768. The number of anilines is 1. The molecule has 0 bridgehead atoms. The van der Waals surface area contributed by atoms with Crippen LogP contribution in [0.5, 0.6) is 5.75 Å². The summed E-state index contributed by atoms with van der Waals surface area (Å²) in [5, 5.41) is 5.90. The summed E-state index contributed by atoms with van der Waals surface area (Å²) in [7, 11) is -0.288. The zero-order valence-corrected chi connectivity index (χ0v) is 14.2. The predicted octanol–water partition coefficient (Wildman–Crippen LogP) is 2.96. The molecule has 0 radical (unpaired) electrons. The summed E-state index contributed by atoms with van der Waals surface area (Å²) in [6.45, 7) is 0. The highest BCUT2D eigenvalue weighted by Crippen LogP contribution is 2.29. The average molecular weight is 349 g/mol. The van der Waals surface area contributed by atoms with Crippen LogP contribution in [0.2, 0.25) is 0 Å². The van der Waals surface area contributed by atoms with E-state index in [2.05, 4.69) is 9.82 Å². The van der Waals surface area contributed by atoms with Gasteiger partial charge < -0.3 is 4.74 Å². The van der Waals surface area contributed by atoms with Crippen LogP contribution in [0.3, 0.4) is 0 Å². The Balaban J connectivity index is 1.88. The van der Waals surface area contributed by atoms with Gasteiger partial charge in [-0.25, -0.2) is 8.42 Å². The fourth-order valence-corrected chi connectivity index (χ4v) is 4.36. The summed E-state index contributed by atoms with van der Waals surface area (Å²) < 4.78 is 34.6. The second kappa shape index (κ2) is 6.05. The molecule has 0 spiro atoms. The molecule has 3 aromatic rings. The third-order valence-corrected chi connectivity index (χ3v) is 6.10. The van der Waals surface area contributed by atoms with Gasteiger partial charge in [-0.2, -0.15) is 5.10 Å². The number of thiophene rings is 1. The SMILES string of the molecule is COc1cccc(NS(=O)(=O)c2cc(-c3ccnn3C)cs2)c1. The third-order valence-electron chi connectivity index (χ3n) is 3.28. The third kappa shape index (κ3) is 3.22. The Hall–Kier alpha value is -2.32. The first kappa shape index (κ1) is 15.6. The fraction of sp³-hybridized carbons (Fsp3) is 0.133. The summed E-state index contributed by atoms with van der Waals surface area (Å²) in [4.78, 5) is 0. The number of sulfonamides is 1. The Kier molecular flexibility index (Phi) is 4.10. The normalized spacial score (nSPS) is 11.4. The van der Waals surface area contributed by atoms with E-state index in [1.54, 1.807) is 46.6 Å². The number of ether oxygens (including phenoxy) is 1. The Morgan fingerprint density at radius 1 is 1.26 bits per heavy atom. The lowest BCUT2D eigenvalue weighted by atomic mass is 10.2. The summed E-state index contributed by atoms with van der Waals surface area (Å²) >= 11 is 1.17. The van der Waals surface area contributed by atoms with Gasteiger partial charge in [0.05, 0.1) is 18.5 Å². The zero-order valence-electron chi connectivity index (χ0n) is 12.6. The maximum Gasteiger partial charge on any atom is 0.271 e. The lowest BCUT2D eigenvalue weighted by Gasteiger charge is -2.07. The molecule has 3 rings (SSSR count). The predicted molar refractivity (Wildman–Crippen MR) is 90.3 cm³/mol. The molecule has 23 heavy (non-hydrogen) atoms. The molecule has 1 N–H and O–H groups in total. The summed E-state index contributed by atoms with van der Waals surface area (Å²) in [6, 6.07) is 10.3. The zero-order chi connectivity index (χ0) is 16.4. The molecule has 0 atom stereocenters. The van der Waals surface area contributed by atoms with Crippen molar-refractivity contribution in [2.45, 2.75) is 4.21 Å². The number of hydrogen-bond donors (Lipinski definition) is 1. The maximum absolute atomic E-state index is 12.5. The van der Waals surface area contributed by atoms with Crippen molar-refractivity contribution < 1.29 is 13.2 Å². The van der Waals surface area contributed by atoms with E-state index in [0.717, 1.165) is 11.3 Å². The van der Waals surface area contributed by atoms with Gasteiger partial charge in [-0.3, -0.25) is 9.40 Å². The molecule has 2 aromatic heterocycles. The van der Waals surface area contributed by atoms with E-state index < -0.39 is 10.0 Å². The molecule has 6 nitrogen and oxygen atoms in total. The van der Waals surface area contributed by atoms with Crippen LogP contribution in [-0.4, -0.2) is 25.3 Å². The smallest absolute Gasteiger partial charge is 0.271 e. The largest absolute Gasteiger partial charge is 0.497 e. The maximum atomic E-state index is 12.5. The van der Waals surface area contributed by atoms with E-state index in [-0.39, 0.29) is 4.21 Å². The molecule has 0 amide bonds. The molecular formula is C15H15N3O3S2. The van der Waals surface area contributed by atoms with Crippen LogP contribution < -0.4 is 9.46 Å². The van der Waals surface area contributed by atoms with Crippen LogP contribution in [0.25, 0.3) is 11.3 Å². The van der Waals surface area contributed by atoms with Gasteiger partial charge in [-0.05, 0) is 24.3 Å². The topological polar surface area (TPSA) is 73.2 Å². The van der Waals surface area contributed by atoms with Gasteiger partial charge in [-0.15, -0.1) is 11.3 Å². The van der Waals surface area contributed by atoms with Crippen molar-refractivity contribution in [3.05, 3.63) is 48.0 Å². The van der Waals surface area contributed by atoms with Crippen LogP contribution >= 0.6 is 11.3 Å². The van der Waals surface area contributed by atoms with Gasteiger partial charge >= 0.3 is 0 Å². The lowest BCUT2D eigenvalue weighted by molar-refractivity contribution is 0.415. The van der Waals surface area contributed by atoms with Crippen LogP contribution in [0.15, 0.2) is 52.2 Å². The van der Waals surface area contributed by atoms with Gasteiger partial charge in [0.25, 0.3) is 10.0 Å². The Morgan fingerprint density at radius 2 is 2.09 bits per heavy atom. The second-order valence-electron chi connectivity index (χ2n) is 4.83. The minimum atomic E-state index is -3.64. The fourth-order valence-electron chi connectivity index (χ4n) is 2.14. The number of aryl methyl sites for hydroxylation is 1. The van der Waals surface area contributed by atoms with Gasteiger partial charge in [-0.1, -0.05) is 6.07 Å². The second-order valence-corrected chi connectivity index (χ2v) is 7.65. The van der Waals surface area contributed by atoms with Gasteiger partial charge in [0, 0.05) is 30.3 Å². The molecule has 0 aliphatic heterocycles. The molecule has 0 fully saturated rings. The molecule has 1 aromatic carbocycles.